The fourth-order valence-corrected chi connectivity index (χ4v) is 0.971. The Kier molecular flexibility index (Phi) is 2.91. The number of rotatable bonds is 2. The number of carbonyl (C=O) groups excluding carboxylic acids is 1. The molecule has 1 N–H and O–H groups in total. The van der Waals surface area contributed by atoms with Crippen LogP contribution >= 0.6 is 0 Å². The first-order valence-electron chi connectivity index (χ1n) is 4.00. The van der Waals surface area contributed by atoms with Crippen LogP contribution in [-0.2, 0) is 4.79 Å². The molecule has 1 heterocycles. The van der Waals surface area contributed by atoms with Gasteiger partial charge in [0.2, 0.25) is 5.91 Å². The van der Waals surface area contributed by atoms with Crippen LogP contribution in [-0.4, -0.2) is 30.9 Å². The summed E-state index contributed by atoms with van der Waals surface area (Å²) in [6.07, 6.45) is 6.13. The second kappa shape index (κ2) is 3.95. The van der Waals surface area contributed by atoms with Crippen LogP contribution in [0.2, 0.25) is 0 Å². The molecule has 0 bridgehead atoms. The molecule has 3 heteroatoms. The highest BCUT2D eigenvalue weighted by molar-refractivity contribution is 5.73. The Morgan fingerprint density at radius 3 is 3.00 bits per heavy atom. The Bertz CT molecular complexity index is 231. The van der Waals surface area contributed by atoms with E-state index in [4.69, 9.17) is 0 Å². The van der Waals surface area contributed by atoms with E-state index in [1.54, 1.807) is 0 Å². The molecule has 0 unspecified atom stereocenters. The third kappa shape index (κ3) is 2.78. The summed E-state index contributed by atoms with van der Waals surface area (Å²) < 4.78 is 0. The van der Waals surface area contributed by atoms with Gasteiger partial charge in [0.25, 0.3) is 0 Å². The van der Waals surface area contributed by atoms with Crippen molar-refractivity contribution in [1.82, 2.24) is 10.2 Å². The van der Waals surface area contributed by atoms with Crippen LogP contribution in [0.15, 0.2) is 23.9 Å². The third-order valence-corrected chi connectivity index (χ3v) is 1.73. The SMILES string of the molecule is CC(=O)NCC1=CCN(C)C=C1. The van der Waals surface area contributed by atoms with Crippen molar-refractivity contribution < 1.29 is 4.79 Å². The quantitative estimate of drug-likeness (QED) is 0.648. The van der Waals surface area contributed by atoms with E-state index in [-0.39, 0.29) is 5.91 Å². The summed E-state index contributed by atoms with van der Waals surface area (Å²) in [6.45, 7) is 3.09. The van der Waals surface area contributed by atoms with Gasteiger partial charge in [0, 0.05) is 27.1 Å². The molecule has 0 fully saturated rings. The molecule has 0 aromatic rings. The number of hydrogen-bond donors (Lipinski definition) is 1. The minimum Gasteiger partial charge on any atom is -0.377 e. The normalized spacial score (nSPS) is 15.8. The zero-order chi connectivity index (χ0) is 8.97. The lowest BCUT2D eigenvalue weighted by molar-refractivity contribution is -0.118. The molecule has 0 aromatic heterocycles. The average Bonchev–Trinajstić information content (AvgIpc) is 2.03. The lowest BCUT2D eigenvalue weighted by Crippen LogP contribution is -2.24. The van der Waals surface area contributed by atoms with Crippen LogP contribution in [0.1, 0.15) is 6.92 Å². The summed E-state index contributed by atoms with van der Waals surface area (Å²) in [6, 6.07) is 0. The second-order valence-electron chi connectivity index (χ2n) is 2.94. The second-order valence-corrected chi connectivity index (χ2v) is 2.94. The van der Waals surface area contributed by atoms with Crippen molar-refractivity contribution in [3.63, 3.8) is 0 Å². The molecular formula is C9H14N2O. The standard InChI is InChI=1S/C9H14N2O/c1-8(12)10-7-9-3-5-11(2)6-4-9/h3-5H,6-7H2,1-2H3,(H,10,12). The molecule has 66 valence electrons. The number of amides is 1. The fraction of sp³-hybridized carbons (Fsp3) is 0.444. The predicted octanol–water partition coefficient (Wildman–Crippen LogP) is 0.508. The van der Waals surface area contributed by atoms with Crippen molar-refractivity contribution in [3.05, 3.63) is 23.9 Å². The highest BCUT2D eigenvalue weighted by Gasteiger charge is 2.00. The van der Waals surface area contributed by atoms with Gasteiger partial charge in [0.1, 0.15) is 0 Å². The molecule has 1 amide bonds. The van der Waals surface area contributed by atoms with Gasteiger partial charge in [-0.2, -0.15) is 0 Å². The lowest BCUT2D eigenvalue weighted by atomic mass is 10.2. The van der Waals surface area contributed by atoms with Gasteiger partial charge in [-0.25, -0.2) is 0 Å². The molecular weight excluding hydrogens is 152 g/mol. The summed E-state index contributed by atoms with van der Waals surface area (Å²) in [5.41, 5.74) is 1.17. The fourth-order valence-electron chi connectivity index (χ4n) is 0.971. The van der Waals surface area contributed by atoms with E-state index in [1.165, 1.54) is 12.5 Å². The molecule has 0 aliphatic carbocycles. The van der Waals surface area contributed by atoms with Crippen LogP contribution in [0.25, 0.3) is 0 Å². The van der Waals surface area contributed by atoms with E-state index in [0.717, 1.165) is 6.54 Å². The van der Waals surface area contributed by atoms with Crippen LogP contribution in [0.5, 0.6) is 0 Å². The van der Waals surface area contributed by atoms with Crippen LogP contribution in [0, 0.1) is 0 Å². The van der Waals surface area contributed by atoms with Crippen molar-refractivity contribution in [2.45, 2.75) is 6.92 Å². The summed E-state index contributed by atoms with van der Waals surface area (Å²) >= 11 is 0. The van der Waals surface area contributed by atoms with Gasteiger partial charge >= 0.3 is 0 Å². The monoisotopic (exact) mass is 166 g/mol. The van der Waals surface area contributed by atoms with Crippen molar-refractivity contribution >= 4 is 5.91 Å². The summed E-state index contributed by atoms with van der Waals surface area (Å²) in [5.74, 6) is 0.0169. The first-order chi connectivity index (χ1) is 5.68. The van der Waals surface area contributed by atoms with E-state index in [9.17, 15) is 4.79 Å². The zero-order valence-corrected chi connectivity index (χ0v) is 7.50. The zero-order valence-electron chi connectivity index (χ0n) is 7.50. The molecule has 0 saturated carbocycles. The van der Waals surface area contributed by atoms with Crippen molar-refractivity contribution in [2.75, 3.05) is 20.1 Å². The molecule has 1 aliphatic heterocycles. The Morgan fingerprint density at radius 1 is 1.75 bits per heavy atom. The van der Waals surface area contributed by atoms with E-state index in [2.05, 4.69) is 16.3 Å². The van der Waals surface area contributed by atoms with Crippen molar-refractivity contribution in [1.29, 1.82) is 0 Å². The maximum absolute atomic E-state index is 10.6. The Labute approximate surface area is 72.7 Å². The maximum Gasteiger partial charge on any atom is 0.217 e. The van der Waals surface area contributed by atoms with E-state index in [1.807, 2.05) is 19.3 Å². The van der Waals surface area contributed by atoms with E-state index in [0.29, 0.717) is 6.54 Å². The molecule has 0 spiro atoms. The molecule has 1 rings (SSSR count). The third-order valence-electron chi connectivity index (χ3n) is 1.73. The first-order valence-corrected chi connectivity index (χ1v) is 4.00. The van der Waals surface area contributed by atoms with Crippen LogP contribution < -0.4 is 5.32 Å². The molecule has 0 radical (unpaired) electrons. The molecule has 0 saturated heterocycles. The van der Waals surface area contributed by atoms with Gasteiger partial charge in [-0.3, -0.25) is 4.79 Å². The lowest BCUT2D eigenvalue weighted by Gasteiger charge is -2.16. The van der Waals surface area contributed by atoms with Crippen molar-refractivity contribution in [3.8, 4) is 0 Å². The molecule has 0 aromatic carbocycles. The molecule has 3 nitrogen and oxygen atoms in total. The van der Waals surface area contributed by atoms with E-state index >= 15 is 0 Å². The van der Waals surface area contributed by atoms with Crippen LogP contribution in [0.4, 0.5) is 0 Å². The highest BCUT2D eigenvalue weighted by atomic mass is 16.1. The van der Waals surface area contributed by atoms with Gasteiger partial charge in [0.05, 0.1) is 0 Å². The summed E-state index contributed by atoms with van der Waals surface area (Å²) in [4.78, 5) is 12.7. The highest BCUT2D eigenvalue weighted by Crippen LogP contribution is 2.03. The largest absolute Gasteiger partial charge is 0.377 e. The van der Waals surface area contributed by atoms with E-state index < -0.39 is 0 Å². The van der Waals surface area contributed by atoms with Crippen molar-refractivity contribution in [2.24, 2.45) is 0 Å². The number of likely N-dealkylation sites (N-methyl/N-ethyl adjacent to an activating group) is 1. The molecule has 12 heavy (non-hydrogen) atoms. The Morgan fingerprint density at radius 2 is 2.50 bits per heavy atom. The smallest absolute Gasteiger partial charge is 0.217 e. The average molecular weight is 166 g/mol. The van der Waals surface area contributed by atoms with Gasteiger partial charge in [-0.1, -0.05) is 6.08 Å². The topological polar surface area (TPSA) is 32.3 Å². The number of nitrogens with zero attached hydrogens (tertiary/aromatic N) is 1. The summed E-state index contributed by atoms with van der Waals surface area (Å²) in [5, 5.41) is 2.75. The minimum absolute atomic E-state index is 0.0169. The Balaban J connectivity index is 2.35. The van der Waals surface area contributed by atoms with Gasteiger partial charge in [-0.05, 0) is 17.8 Å². The van der Waals surface area contributed by atoms with Gasteiger partial charge in [0.15, 0.2) is 0 Å². The number of carbonyl (C=O) groups is 1. The molecule has 1 aliphatic rings. The predicted molar refractivity (Wildman–Crippen MR) is 48.5 cm³/mol. The first kappa shape index (κ1) is 8.84. The van der Waals surface area contributed by atoms with Gasteiger partial charge in [-0.15, -0.1) is 0 Å². The maximum atomic E-state index is 10.6. The minimum atomic E-state index is 0.0169. The van der Waals surface area contributed by atoms with Gasteiger partial charge < -0.3 is 10.2 Å². The molecule has 0 atom stereocenters. The summed E-state index contributed by atoms with van der Waals surface area (Å²) in [7, 11) is 2.02. The number of nitrogens with one attached hydrogen (secondary N) is 1. The van der Waals surface area contributed by atoms with Crippen LogP contribution in [0.3, 0.4) is 0 Å². The number of hydrogen-bond acceptors (Lipinski definition) is 2. The Hall–Kier alpha value is -1.25.